The average molecular weight is 285 g/mol. The lowest BCUT2D eigenvalue weighted by molar-refractivity contribution is -0.161. The number of rotatable bonds is 1. The minimum Gasteiger partial charge on any atom is -0.394 e. The number of nitrogens with two attached hydrogens (primary N) is 1. The van der Waals surface area contributed by atoms with E-state index in [4.69, 9.17) is 26.8 Å². The van der Waals surface area contributed by atoms with Gasteiger partial charge in [0, 0.05) is 13.0 Å². The van der Waals surface area contributed by atoms with Gasteiger partial charge in [0.2, 0.25) is 5.28 Å². The summed E-state index contributed by atoms with van der Waals surface area (Å²) >= 11 is 5.93. The second kappa shape index (κ2) is 4.77. The van der Waals surface area contributed by atoms with Crippen LogP contribution in [0.15, 0.2) is 0 Å². The Hall–Kier alpha value is -1.11. The van der Waals surface area contributed by atoms with Crippen LogP contribution in [0.1, 0.15) is 18.5 Å². The van der Waals surface area contributed by atoms with E-state index >= 15 is 0 Å². The topological polar surface area (TPSA) is 73.5 Å². The molecule has 3 heterocycles. The largest absolute Gasteiger partial charge is 0.394 e. The van der Waals surface area contributed by atoms with Crippen molar-refractivity contribution in [1.82, 2.24) is 9.97 Å². The summed E-state index contributed by atoms with van der Waals surface area (Å²) in [5, 5.41) is 0.217. The fourth-order valence-electron chi connectivity index (χ4n) is 2.68. The van der Waals surface area contributed by atoms with Crippen molar-refractivity contribution in [1.29, 1.82) is 0 Å². The van der Waals surface area contributed by atoms with Crippen molar-refractivity contribution in [3.63, 3.8) is 0 Å². The Labute approximate surface area is 116 Å². The number of aromatic nitrogens is 2. The normalized spacial score (nSPS) is 22.1. The molecule has 2 fully saturated rings. The van der Waals surface area contributed by atoms with Gasteiger partial charge in [0.05, 0.1) is 31.1 Å². The summed E-state index contributed by atoms with van der Waals surface area (Å²) in [5.41, 5.74) is 7.33. The van der Waals surface area contributed by atoms with E-state index in [1.54, 1.807) is 0 Å². The zero-order valence-corrected chi connectivity index (χ0v) is 11.6. The van der Waals surface area contributed by atoms with Crippen LogP contribution < -0.4 is 10.6 Å². The highest BCUT2D eigenvalue weighted by molar-refractivity contribution is 6.28. The summed E-state index contributed by atoms with van der Waals surface area (Å²) in [6, 6.07) is 0. The monoisotopic (exact) mass is 284 g/mol. The Morgan fingerprint density at radius 2 is 2.05 bits per heavy atom. The van der Waals surface area contributed by atoms with E-state index in [0.29, 0.717) is 37.0 Å². The fraction of sp³-hybridized carbons (Fsp3) is 0.667. The smallest absolute Gasteiger partial charge is 0.224 e. The number of nitrogen functional groups attached to an aromatic ring is 1. The molecular weight excluding hydrogens is 268 g/mol. The van der Waals surface area contributed by atoms with Gasteiger partial charge in [0.25, 0.3) is 0 Å². The van der Waals surface area contributed by atoms with E-state index < -0.39 is 5.79 Å². The molecule has 3 rings (SSSR count). The van der Waals surface area contributed by atoms with Crippen molar-refractivity contribution in [2.75, 3.05) is 36.9 Å². The average Bonchev–Trinajstić information content (AvgIpc) is 2.82. The van der Waals surface area contributed by atoms with Crippen LogP contribution in [0, 0.1) is 6.92 Å². The first-order valence-corrected chi connectivity index (χ1v) is 6.80. The highest BCUT2D eigenvalue weighted by Crippen LogP contribution is 2.34. The summed E-state index contributed by atoms with van der Waals surface area (Å²) < 4.78 is 11.5. The van der Waals surface area contributed by atoms with Crippen LogP contribution in [-0.2, 0) is 9.47 Å². The molecular formula is C12H17ClN4O2. The third-order valence-corrected chi connectivity index (χ3v) is 3.79. The molecule has 0 aromatic carbocycles. The van der Waals surface area contributed by atoms with Crippen LogP contribution in [0.2, 0.25) is 5.28 Å². The molecule has 0 radical (unpaired) electrons. The summed E-state index contributed by atoms with van der Waals surface area (Å²) in [7, 11) is 0. The van der Waals surface area contributed by atoms with Gasteiger partial charge in [-0.2, -0.15) is 4.98 Å². The van der Waals surface area contributed by atoms with Crippen LogP contribution in [0.5, 0.6) is 0 Å². The van der Waals surface area contributed by atoms with Gasteiger partial charge < -0.3 is 20.1 Å². The lowest BCUT2D eigenvalue weighted by Crippen LogP contribution is -2.49. The minimum atomic E-state index is -0.504. The van der Waals surface area contributed by atoms with Crippen molar-refractivity contribution in [3.05, 3.63) is 11.0 Å². The first-order valence-electron chi connectivity index (χ1n) is 6.42. The summed E-state index contributed by atoms with van der Waals surface area (Å²) in [6.07, 6.45) is 1.88. The number of hydrogen-bond acceptors (Lipinski definition) is 6. The van der Waals surface area contributed by atoms with E-state index in [1.165, 1.54) is 0 Å². The third-order valence-electron chi connectivity index (χ3n) is 3.62. The predicted molar refractivity (Wildman–Crippen MR) is 72.3 cm³/mol. The molecule has 1 aromatic heterocycles. The molecule has 104 valence electrons. The van der Waals surface area contributed by atoms with Crippen LogP contribution >= 0.6 is 11.6 Å². The Kier molecular flexibility index (Phi) is 3.24. The first kappa shape index (κ1) is 12.9. The molecule has 7 heteroatoms. The number of aryl methyl sites for hydroxylation is 1. The lowest BCUT2D eigenvalue weighted by atomic mass is 10.0. The molecule has 19 heavy (non-hydrogen) atoms. The van der Waals surface area contributed by atoms with Gasteiger partial charge in [0.1, 0.15) is 0 Å². The number of piperidine rings is 1. The number of hydrogen-bond donors (Lipinski definition) is 1. The predicted octanol–water partition coefficient (Wildman–Crippen LogP) is 1.36. The lowest BCUT2D eigenvalue weighted by Gasteiger charge is -2.39. The van der Waals surface area contributed by atoms with Crippen molar-refractivity contribution in [2.24, 2.45) is 0 Å². The van der Waals surface area contributed by atoms with Gasteiger partial charge in [-0.25, -0.2) is 4.98 Å². The summed E-state index contributed by atoms with van der Waals surface area (Å²) in [5.74, 6) is 0.173. The minimum absolute atomic E-state index is 0.217. The molecule has 2 saturated heterocycles. The van der Waals surface area contributed by atoms with Crippen molar-refractivity contribution >= 4 is 23.1 Å². The van der Waals surface area contributed by atoms with Crippen molar-refractivity contribution < 1.29 is 9.47 Å². The molecule has 0 saturated carbocycles. The van der Waals surface area contributed by atoms with Crippen molar-refractivity contribution in [3.8, 4) is 0 Å². The number of halogens is 1. The fourth-order valence-corrected chi connectivity index (χ4v) is 2.88. The molecule has 1 aromatic rings. The zero-order chi connectivity index (χ0) is 13.5. The molecule has 0 aliphatic carbocycles. The molecule has 6 nitrogen and oxygen atoms in total. The van der Waals surface area contributed by atoms with E-state index in [1.807, 2.05) is 6.92 Å². The van der Waals surface area contributed by atoms with Crippen LogP contribution in [0.25, 0.3) is 0 Å². The zero-order valence-electron chi connectivity index (χ0n) is 10.9. The van der Waals surface area contributed by atoms with Crippen LogP contribution in [0.3, 0.4) is 0 Å². The van der Waals surface area contributed by atoms with E-state index in [2.05, 4.69) is 14.9 Å². The molecule has 0 amide bonds. The van der Waals surface area contributed by atoms with E-state index in [-0.39, 0.29) is 5.28 Å². The second-order valence-electron chi connectivity index (χ2n) is 4.95. The first-order chi connectivity index (χ1) is 9.10. The molecule has 2 N–H and O–H groups in total. The van der Waals surface area contributed by atoms with E-state index in [9.17, 15) is 0 Å². The number of nitrogens with zero attached hydrogens (tertiary/aromatic N) is 3. The molecule has 2 aliphatic heterocycles. The summed E-state index contributed by atoms with van der Waals surface area (Å²) in [4.78, 5) is 10.4. The Morgan fingerprint density at radius 1 is 1.32 bits per heavy atom. The maximum absolute atomic E-state index is 6.06. The second-order valence-corrected chi connectivity index (χ2v) is 5.29. The SMILES string of the molecule is Cc1nc(Cl)nc(N2CCCC3(C2)OCCO3)c1N. The molecule has 0 unspecified atom stereocenters. The Balaban J connectivity index is 1.89. The molecule has 0 atom stereocenters. The Morgan fingerprint density at radius 3 is 2.79 bits per heavy atom. The highest BCUT2D eigenvalue weighted by atomic mass is 35.5. The maximum atomic E-state index is 6.06. The van der Waals surface area contributed by atoms with E-state index in [0.717, 1.165) is 19.4 Å². The van der Waals surface area contributed by atoms with Gasteiger partial charge in [-0.1, -0.05) is 0 Å². The summed E-state index contributed by atoms with van der Waals surface area (Å²) in [6.45, 7) is 4.61. The molecule has 0 bridgehead atoms. The quantitative estimate of drug-likeness (QED) is 0.785. The van der Waals surface area contributed by atoms with Gasteiger partial charge in [-0.3, -0.25) is 0 Å². The number of anilines is 2. The van der Waals surface area contributed by atoms with Gasteiger partial charge in [-0.05, 0) is 24.9 Å². The van der Waals surface area contributed by atoms with Crippen LogP contribution in [-0.4, -0.2) is 42.1 Å². The van der Waals surface area contributed by atoms with Crippen LogP contribution in [0.4, 0.5) is 11.5 Å². The third kappa shape index (κ3) is 2.35. The molecule has 2 aliphatic rings. The van der Waals surface area contributed by atoms with Crippen molar-refractivity contribution in [2.45, 2.75) is 25.6 Å². The highest BCUT2D eigenvalue weighted by Gasteiger charge is 2.41. The molecule has 1 spiro atoms. The maximum Gasteiger partial charge on any atom is 0.224 e. The standard InChI is InChI=1S/C12H17ClN4O2/c1-8-9(14)10(16-11(13)15-8)17-4-2-3-12(7-17)18-5-6-19-12/h2-7,14H2,1H3. The van der Waals surface area contributed by atoms with Gasteiger partial charge >= 0.3 is 0 Å². The van der Waals surface area contributed by atoms with Gasteiger partial charge in [-0.15, -0.1) is 0 Å². The Bertz CT molecular complexity index is 491. The van der Waals surface area contributed by atoms with Gasteiger partial charge in [0.15, 0.2) is 11.6 Å². The number of ether oxygens (including phenoxy) is 2.